The van der Waals surface area contributed by atoms with Crippen LogP contribution in [-0.4, -0.2) is 48.8 Å². The van der Waals surface area contributed by atoms with E-state index in [9.17, 15) is 0 Å². The lowest BCUT2D eigenvalue weighted by molar-refractivity contribution is 0.203. The number of hydrogen-bond donors (Lipinski definition) is 2. The van der Waals surface area contributed by atoms with Crippen molar-refractivity contribution in [3.63, 3.8) is 0 Å². The van der Waals surface area contributed by atoms with E-state index in [2.05, 4.69) is 17.1 Å². The van der Waals surface area contributed by atoms with Gasteiger partial charge in [-0.2, -0.15) is 0 Å². The van der Waals surface area contributed by atoms with Gasteiger partial charge in [-0.05, 0) is 38.9 Å². The highest BCUT2D eigenvalue weighted by Crippen LogP contribution is 2.08. The van der Waals surface area contributed by atoms with E-state index >= 15 is 0 Å². The lowest BCUT2D eigenvalue weighted by atomic mass is 10.2. The highest BCUT2D eigenvalue weighted by molar-refractivity contribution is 4.79. The van der Waals surface area contributed by atoms with E-state index in [1.807, 2.05) is 0 Å². The monoisotopic (exact) mass is 186 g/mol. The highest BCUT2D eigenvalue weighted by atomic mass is 16.2. The van der Waals surface area contributed by atoms with Crippen LogP contribution in [0.15, 0.2) is 0 Å². The van der Waals surface area contributed by atoms with Crippen LogP contribution < -0.4 is 5.32 Å². The highest BCUT2D eigenvalue weighted by Gasteiger charge is 2.19. The van der Waals surface area contributed by atoms with Crippen molar-refractivity contribution in [3.05, 3.63) is 0 Å². The number of nitrogens with one attached hydrogen (secondary N) is 1. The number of hydrogen-bond acceptors (Lipinski definition) is 3. The molecule has 1 saturated heterocycles. The van der Waals surface area contributed by atoms with Crippen LogP contribution in [0.25, 0.3) is 0 Å². The van der Waals surface area contributed by atoms with Gasteiger partial charge < -0.3 is 10.4 Å². The first-order valence-electron chi connectivity index (χ1n) is 5.44. The zero-order chi connectivity index (χ0) is 9.52. The van der Waals surface area contributed by atoms with Gasteiger partial charge in [0.2, 0.25) is 0 Å². The number of nitrogens with zero attached hydrogens (tertiary/aromatic N) is 1. The Kier molecular flexibility index (Phi) is 5.35. The van der Waals surface area contributed by atoms with Crippen LogP contribution in [-0.2, 0) is 0 Å². The van der Waals surface area contributed by atoms with E-state index in [0.717, 1.165) is 38.5 Å². The van der Waals surface area contributed by atoms with Crippen molar-refractivity contribution in [2.24, 2.45) is 0 Å². The largest absolute Gasteiger partial charge is 0.396 e. The van der Waals surface area contributed by atoms with Crippen LogP contribution in [0.1, 0.15) is 26.2 Å². The SMILES string of the molecule is CCN(CCCCO)C1CCNC1. The second-order valence-electron chi connectivity index (χ2n) is 3.71. The van der Waals surface area contributed by atoms with Crippen LogP contribution in [0, 0.1) is 0 Å². The Bertz CT molecular complexity index is 124. The Morgan fingerprint density at radius 2 is 2.31 bits per heavy atom. The molecule has 0 amide bonds. The fourth-order valence-electron chi connectivity index (χ4n) is 1.98. The minimum Gasteiger partial charge on any atom is -0.396 e. The van der Waals surface area contributed by atoms with E-state index in [4.69, 9.17) is 5.11 Å². The van der Waals surface area contributed by atoms with Crippen LogP contribution in [0.3, 0.4) is 0 Å². The number of aliphatic hydroxyl groups excluding tert-OH is 1. The summed E-state index contributed by atoms with van der Waals surface area (Å²) < 4.78 is 0. The average Bonchev–Trinajstić information content (AvgIpc) is 2.65. The quantitative estimate of drug-likeness (QED) is 0.591. The Labute approximate surface area is 81.1 Å². The minimum absolute atomic E-state index is 0.334. The summed E-state index contributed by atoms with van der Waals surface area (Å²) in [6.45, 7) is 7.15. The summed E-state index contributed by atoms with van der Waals surface area (Å²) in [6.07, 6.45) is 3.35. The average molecular weight is 186 g/mol. The van der Waals surface area contributed by atoms with Gasteiger partial charge in [0.15, 0.2) is 0 Å². The van der Waals surface area contributed by atoms with Gasteiger partial charge in [-0.25, -0.2) is 0 Å². The first kappa shape index (κ1) is 11.0. The minimum atomic E-state index is 0.334. The molecule has 0 spiro atoms. The van der Waals surface area contributed by atoms with Crippen LogP contribution in [0.5, 0.6) is 0 Å². The van der Waals surface area contributed by atoms with E-state index in [1.165, 1.54) is 13.0 Å². The molecule has 0 aromatic heterocycles. The van der Waals surface area contributed by atoms with E-state index < -0.39 is 0 Å². The van der Waals surface area contributed by atoms with Gasteiger partial charge in [-0.3, -0.25) is 4.90 Å². The fraction of sp³-hybridized carbons (Fsp3) is 1.00. The maximum atomic E-state index is 8.69. The summed E-state index contributed by atoms with van der Waals surface area (Å²) >= 11 is 0. The van der Waals surface area contributed by atoms with Crippen molar-refractivity contribution < 1.29 is 5.11 Å². The second kappa shape index (κ2) is 6.35. The lowest BCUT2D eigenvalue weighted by Gasteiger charge is -2.26. The third-order valence-corrected chi connectivity index (χ3v) is 2.81. The predicted molar refractivity (Wildman–Crippen MR) is 54.8 cm³/mol. The second-order valence-corrected chi connectivity index (χ2v) is 3.71. The number of rotatable bonds is 6. The lowest BCUT2D eigenvalue weighted by Crippen LogP contribution is -2.37. The van der Waals surface area contributed by atoms with Crippen molar-refractivity contribution in [3.8, 4) is 0 Å². The Hall–Kier alpha value is -0.120. The zero-order valence-corrected chi connectivity index (χ0v) is 8.63. The molecule has 0 radical (unpaired) electrons. The summed E-state index contributed by atoms with van der Waals surface area (Å²) in [4.78, 5) is 2.52. The van der Waals surface area contributed by atoms with Crippen molar-refractivity contribution in [1.29, 1.82) is 0 Å². The number of unbranched alkanes of at least 4 members (excludes halogenated alkanes) is 1. The molecule has 1 atom stereocenters. The summed E-state index contributed by atoms with van der Waals surface area (Å²) in [5.74, 6) is 0. The number of likely N-dealkylation sites (N-methyl/N-ethyl adjacent to an activating group) is 1. The summed E-state index contributed by atoms with van der Waals surface area (Å²) in [6, 6.07) is 0.740. The molecule has 78 valence electrons. The van der Waals surface area contributed by atoms with E-state index in [0.29, 0.717) is 6.61 Å². The standard InChI is InChI=1S/C10H22N2O/c1-2-12(7-3-4-8-13)10-5-6-11-9-10/h10-11,13H,2-9H2,1H3. The molecule has 0 saturated carbocycles. The molecule has 0 aromatic rings. The van der Waals surface area contributed by atoms with Gasteiger partial charge in [0.05, 0.1) is 0 Å². The Morgan fingerprint density at radius 3 is 2.85 bits per heavy atom. The normalized spacial score (nSPS) is 22.8. The van der Waals surface area contributed by atoms with Gasteiger partial charge >= 0.3 is 0 Å². The molecule has 1 aliphatic rings. The summed E-state index contributed by atoms with van der Waals surface area (Å²) in [7, 11) is 0. The van der Waals surface area contributed by atoms with Crippen LogP contribution >= 0.6 is 0 Å². The summed E-state index contributed by atoms with van der Waals surface area (Å²) in [5.41, 5.74) is 0. The van der Waals surface area contributed by atoms with E-state index in [-0.39, 0.29) is 0 Å². The van der Waals surface area contributed by atoms with Crippen molar-refractivity contribution in [2.45, 2.75) is 32.2 Å². The molecule has 2 N–H and O–H groups in total. The molecule has 1 aliphatic heterocycles. The number of aliphatic hydroxyl groups is 1. The maximum Gasteiger partial charge on any atom is 0.0431 e. The smallest absolute Gasteiger partial charge is 0.0431 e. The van der Waals surface area contributed by atoms with Gasteiger partial charge in [0.25, 0.3) is 0 Å². The molecule has 1 unspecified atom stereocenters. The topological polar surface area (TPSA) is 35.5 Å². The molecular formula is C10H22N2O. The molecule has 3 nitrogen and oxygen atoms in total. The van der Waals surface area contributed by atoms with E-state index in [1.54, 1.807) is 0 Å². The Balaban J connectivity index is 2.16. The zero-order valence-electron chi connectivity index (χ0n) is 8.63. The van der Waals surface area contributed by atoms with Crippen LogP contribution in [0.2, 0.25) is 0 Å². The molecule has 1 heterocycles. The van der Waals surface area contributed by atoms with Gasteiger partial charge in [-0.15, -0.1) is 0 Å². The first-order chi connectivity index (χ1) is 6.38. The third-order valence-electron chi connectivity index (χ3n) is 2.81. The molecule has 0 aromatic carbocycles. The van der Waals surface area contributed by atoms with Crippen molar-refractivity contribution in [1.82, 2.24) is 10.2 Å². The van der Waals surface area contributed by atoms with Gasteiger partial charge in [-0.1, -0.05) is 6.92 Å². The molecule has 1 rings (SSSR count). The molecule has 0 aliphatic carbocycles. The molecular weight excluding hydrogens is 164 g/mol. The molecule has 0 bridgehead atoms. The third kappa shape index (κ3) is 3.63. The van der Waals surface area contributed by atoms with Gasteiger partial charge in [0.1, 0.15) is 0 Å². The predicted octanol–water partition coefficient (Wildman–Crippen LogP) is 0.443. The van der Waals surface area contributed by atoms with Crippen LogP contribution in [0.4, 0.5) is 0 Å². The van der Waals surface area contributed by atoms with Gasteiger partial charge in [0, 0.05) is 19.2 Å². The maximum absolute atomic E-state index is 8.69. The fourth-order valence-corrected chi connectivity index (χ4v) is 1.98. The molecule has 13 heavy (non-hydrogen) atoms. The molecule has 3 heteroatoms. The van der Waals surface area contributed by atoms with Crippen molar-refractivity contribution in [2.75, 3.05) is 32.8 Å². The molecule has 1 fully saturated rings. The Morgan fingerprint density at radius 1 is 1.46 bits per heavy atom. The first-order valence-corrected chi connectivity index (χ1v) is 5.44. The summed E-state index contributed by atoms with van der Waals surface area (Å²) in [5, 5.41) is 12.1. The van der Waals surface area contributed by atoms with Crippen molar-refractivity contribution >= 4 is 0 Å².